The maximum Gasteiger partial charge on any atom is 0.251 e. The van der Waals surface area contributed by atoms with Crippen LogP contribution in [0.1, 0.15) is 22.8 Å². The second kappa shape index (κ2) is 9.90. The fraction of sp³-hybridized carbons (Fsp3) is 0.360. The molecule has 31 heavy (non-hydrogen) atoms. The third kappa shape index (κ3) is 5.21. The van der Waals surface area contributed by atoms with E-state index in [4.69, 9.17) is 14.5 Å². The third-order valence-electron chi connectivity index (χ3n) is 5.50. The number of nitrogens with zero attached hydrogens (tertiary/aromatic N) is 2. The first kappa shape index (κ1) is 21.3. The highest BCUT2D eigenvalue weighted by Gasteiger charge is 2.14. The largest absolute Gasteiger partial charge is 0.493 e. The molecule has 6 heteroatoms. The van der Waals surface area contributed by atoms with Crippen LogP contribution in [-0.2, 0) is 4.74 Å². The fourth-order valence-corrected chi connectivity index (χ4v) is 3.74. The van der Waals surface area contributed by atoms with E-state index in [9.17, 15) is 4.79 Å². The summed E-state index contributed by atoms with van der Waals surface area (Å²) in [4.78, 5) is 19.8. The first-order valence-electron chi connectivity index (χ1n) is 10.9. The Morgan fingerprint density at radius 1 is 1.13 bits per heavy atom. The molecule has 1 aromatic heterocycles. The van der Waals surface area contributed by atoms with Crippen molar-refractivity contribution in [1.82, 2.24) is 15.2 Å². The van der Waals surface area contributed by atoms with E-state index in [0.717, 1.165) is 60.8 Å². The number of carbonyl (C=O) groups is 1. The van der Waals surface area contributed by atoms with E-state index in [1.165, 1.54) is 5.56 Å². The van der Waals surface area contributed by atoms with Gasteiger partial charge in [0.1, 0.15) is 5.75 Å². The highest BCUT2D eigenvalue weighted by molar-refractivity contribution is 5.99. The Bertz CT molecular complexity index is 1040. The molecule has 1 aliphatic rings. The standard InChI is InChI=1S/C25H29N3O3/c1-3-31-24-17-23(19-6-4-18(2)5-7-19)27-22-9-8-20(16-21(22)24)25(29)26-10-11-28-12-14-30-15-13-28/h4-9,16-17H,3,10-15H2,1-2H3,(H,26,29). The highest BCUT2D eigenvalue weighted by Crippen LogP contribution is 2.31. The zero-order valence-electron chi connectivity index (χ0n) is 18.2. The second-order valence-corrected chi connectivity index (χ2v) is 7.75. The zero-order chi connectivity index (χ0) is 21.6. The van der Waals surface area contributed by atoms with E-state index in [0.29, 0.717) is 18.7 Å². The Hall–Kier alpha value is -2.96. The van der Waals surface area contributed by atoms with Crippen molar-refractivity contribution in [3.63, 3.8) is 0 Å². The van der Waals surface area contributed by atoms with E-state index >= 15 is 0 Å². The number of carbonyl (C=O) groups excluding carboxylic acids is 1. The molecule has 0 radical (unpaired) electrons. The summed E-state index contributed by atoms with van der Waals surface area (Å²) in [5, 5.41) is 3.87. The van der Waals surface area contributed by atoms with Crippen molar-refractivity contribution >= 4 is 16.8 Å². The molecular weight excluding hydrogens is 390 g/mol. The molecule has 1 fully saturated rings. The summed E-state index contributed by atoms with van der Waals surface area (Å²) >= 11 is 0. The van der Waals surface area contributed by atoms with Crippen LogP contribution in [0, 0.1) is 6.92 Å². The zero-order valence-corrected chi connectivity index (χ0v) is 18.2. The van der Waals surface area contributed by atoms with Crippen molar-refractivity contribution in [1.29, 1.82) is 0 Å². The van der Waals surface area contributed by atoms with Crippen molar-refractivity contribution in [3.05, 3.63) is 59.7 Å². The number of aryl methyl sites for hydroxylation is 1. The number of amides is 1. The predicted molar refractivity (Wildman–Crippen MR) is 123 cm³/mol. The molecule has 1 saturated heterocycles. The van der Waals surface area contributed by atoms with Gasteiger partial charge in [-0.2, -0.15) is 0 Å². The lowest BCUT2D eigenvalue weighted by atomic mass is 10.1. The van der Waals surface area contributed by atoms with Gasteiger partial charge in [-0.1, -0.05) is 29.8 Å². The number of pyridine rings is 1. The van der Waals surface area contributed by atoms with Gasteiger partial charge in [-0.3, -0.25) is 9.69 Å². The van der Waals surface area contributed by atoms with Gasteiger partial charge in [-0.25, -0.2) is 4.98 Å². The number of morpholine rings is 1. The van der Waals surface area contributed by atoms with Crippen molar-refractivity contribution in [2.75, 3.05) is 46.0 Å². The van der Waals surface area contributed by atoms with Crippen molar-refractivity contribution < 1.29 is 14.3 Å². The molecule has 2 heterocycles. The molecule has 4 rings (SSSR count). The molecule has 162 valence electrons. The third-order valence-corrected chi connectivity index (χ3v) is 5.50. The lowest BCUT2D eigenvalue weighted by molar-refractivity contribution is 0.0383. The summed E-state index contributed by atoms with van der Waals surface area (Å²) in [6, 6.07) is 15.8. The average molecular weight is 420 g/mol. The van der Waals surface area contributed by atoms with E-state index in [1.807, 2.05) is 31.2 Å². The second-order valence-electron chi connectivity index (χ2n) is 7.75. The first-order chi connectivity index (χ1) is 15.1. The Labute approximate surface area is 183 Å². The number of fused-ring (bicyclic) bond motifs is 1. The predicted octanol–water partition coefficient (Wildman–Crippen LogP) is 3.67. The molecule has 1 N–H and O–H groups in total. The average Bonchev–Trinajstić information content (AvgIpc) is 2.80. The molecule has 0 unspecified atom stereocenters. The van der Waals surface area contributed by atoms with Crippen molar-refractivity contribution in [2.45, 2.75) is 13.8 Å². The Morgan fingerprint density at radius 3 is 2.65 bits per heavy atom. The van der Waals surface area contributed by atoms with E-state index < -0.39 is 0 Å². The van der Waals surface area contributed by atoms with Gasteiger partial charge >= 0.3 is 0 Å². The van der Waals surface area contributed by atoms with Crippen LogP contribution >= 0.6 is 0 Å². The molecule has 0 atom stereocenters. The minimum atomic E-state index is -0.0831. The SMILES string of the molecule is CCOc1cc(-c2ccc(C)cc2)nc2ccc(C(=O)NCCN3CCOCC3)cc12. The van der Waals surface area contributed by atoms with Gasteiger partial charge in [0.15, 0.2) is 0 Å². The van der Waals surface area contributed by atoms with Crippen LogP contribution in [0.5, 0.6) is 5.75 Å². The fourth-order valence-electron chi connectivity index (χ4n) is 3.74. The Balaban J connectivity index is 1.54. The van der Waals surface area contributed by atoms with Gasteiger partial charge in [-0.15, -0.1) is 0 Å². The van der Waals surface area contributed by atoms with Crippen molar-refractivity contribution in [2.24, 2.45) is 0 Å². The van der Waals surface area contributed by atoms with Crippen LogP contribution in [0.3, 0.4) is 0 Å². The maximum absolute atomic E-state index is 12.7. The highest BCUT2D eigenvalue weighted by atomic mass is 16.5. The number of hydrogen-bond acceptors (Lipinski definition) is 5. The quantitative estimate of drug-likeness (QED) is 0.633. The number of rotatable bonds is 7. The summed E-state index contributed by atoms with van der Waals surface area (Å²) in [6.07, 6.45) is 0. The van der Waals surface area contributed by atoms with Gasteiger partial charge in [0.2, 0.25) is 0 Å². The molecule has 0 spiro atoms. The Kier molecular flexibility index (Phi) is 6.79. The van der Waals surface area contributed by atoms with Crippen LogP contribution < -0.4 is 10.1 Å². The summed E-state index contributed by atoms with van der Waals surface area (Å²) in [5.41, 5.74) is 4.53. The number of benzene rings is 2. The van der Waals surface area contributed by atoms with Crippen LogP contribution in [0.25, 0.3) is 22.2 Å². The van der Waals surface area contributed by atoms with Crippen molar-refractivity contribution in [3.8, 4) is 17.0 Å². The van der Waals surface area contributed by atoms with Gasteiger partial charge < -0.3 is 14.8 Å². The molecule has 0 saturated carbocycles. The van der Waals surface area contributed by atoms with Crippen LogP contribution in [0.4, 0.5) is 0 Å². The van der Waals surface area contributed by atoms with E-state index in [-0.39, 0.29) is 5.91 Å². The Morgan fingerprint density at radius 2 is 1.90 bits per heavy atom. The lowest BCUT2D eigenvalue weighted by Gasteiger charge is -2.26. The van der Waals surface area contributed by atoms with Gasteiger partial charge in [0.05, 0.1) is 31.0 Å². The summed E-state index contributed by atoms with van der Waals surface area (Å²) in [6.45, 7) is 9.36. The molecule has 1 aliphatic heterocycles. The summed E-state index contributed by atoms with van der Waals surface area (Å²) in [7, 11) is 0. The maximum atomic E-state index is 12.7. The topological polar surface area (TPSA) is 63.7 Å². The van der Waals surface area contributed by atoms with Gasteiger partial charge in [-0.05, 0) is 32.0 Å². The molecular formula is C25H29N3O3. The van der Waals surface area contributed by atoms with Crippen LogP contribution in [0.2, 0.25) is 0 Å². The smallest absolute Gasteiger partial charge is 0.251 e. The molecule has 2 aromatic carbocycles. The van der Waals surface area contributed by atoms with E-state index in [1.54, 1.807) is 0 Å². The first-order valence-corrected chi connectivity index (χ1v) is 10.9. The molecule has 0 aliphatic carbocycles. The lowest BCUT2D eigenvalue weighted by Crippen LogP contribution is -2.41. The van der Waals surface area contributed by atoms with Crippen LogP contribution in [-0.4, -0.2) is 61.8 Å². The molecule has 3 aromatic rings. The van der Waals surface area contributed by atoms with E-state index in [2.05, 4.69) is 41.4 Å². The minimum Gasteiger partial charge on any atom is -0.493 e. The number of aromatic nitrogens is 1. The van der Waals surface area contributed by atoms with Crippen LogP contribution in [0.15, 0.2) is 48.5 Å². The summed E-state index contributed by atoms with van der Waals surface area (Å²) < 4.78 is 11.3. The minimum absolute atomic E-state index is 0.0831. The monoisotopic (exact) mass is 419 g/mol. The molecule has 0 bridgehead atoms. The number of nitrogens with one attached hydrogen (secondary N) is 1. The van der Waals surface area contributed by atoms with Gasteiger partial charge in [0, 0.05) is 48.8 Å². The molecule has 6 nitrogen and oxygen atoms in total. The van der Waals surface area contributed by atoms with Gasteiger partial charge in [0.25, 0.3) is 5.91 Å². The number of hydrogen-bond donors (Lipinski definition) is 1. The summed E-state index contributed by atoms with van der Waals surface area (Å²) in [5.74, 6) is 0.659. The normalized spacial score (nSPS) is 14.5. The molecule has 1 amide bonds. The number of ether oxygens (including phenoxy) is 2.